The second-order valence-corrected chi connectivity index (χ2v) is 6.22. The molecule has 4 aromatic rings. The van der Waals surface area contributed by atoms with Gasteiger partial charge in [-0.25, -0.2) is 5.43 Å². The molecular formula is C22H17N5O. The molecule has 1 amide bonds. The van der Waals surface area contributed by atoms with Crippen molar-refractivity contribution >= 4 is 23.0 Å². The fraction of sp³-hybridized carbons (Fsp3) is 0.0455. The van der Waals surface area contributed by atoms with Gasteiger partial charge in [0.2, 0.25) is 0 Å². The fourth-order valence-corrected chi connectivity index (χ4v) is 3.10. The van der Waals surface area contributed by atoms with E-state index >= 15 is 0 Å². The van der Waals surface area contributed by atoms with Gasteiger partial charge in [-0.05, 0) is 42.5 Å². The number of hydrogen-bond acceptors (Lipinski definition) is 3. The van der Waals surface area contributed by atoms with Crippen molar-refractivity contribution in [1.29, 1.82) is 5.26 Å². The number of carbonyl (C=O) groups is 1. The maximum absolute atomic E-state index is 12.3. The number of fused-ring (bicyclic) bond motifs is 1. The summed E-state index contributed by atoms with van der Waals surface area (Å²) in [7, 11) is 0. The van der Waals surface area contributed by atoms with E-state index in [0.29, 0.717) is 5.56 Å². The summed E-state index contributed by atoms with van der Waals surface area (Å²) in [5.74, 6) is -0.281. The SMILES string of the molecule is N#CCn1cc(/C=N/NC(=O)c2ccc(-n3cccc3)cc2)c2ccccc21. The van der Waals surface area contributed by atoms with Crippen molar-refractivity contribution in [1.82, 2.24) is 14.6 Å². The van der Waals surface area contributed by atoms with E-state index in [-0.39, 0.29) is 12.5 Å². The van der Waals surface area contributed by atoms with Crippen LogP contribution in [-0.4, -0.2) is 21.3 Å². The molecule has 0 bridgehead atoms. The molecule has 0 aliphatic rings. The quantitative estimate of drug-likeness (QED) is 0.431. The van der Waals surface area contributed by atoms with Gasteiger partial charge >= 0.3 is 0 Å². The van der Waals surface area contributed by atoms with Crippen LogP contribution in [0.1, 0.15) is 15.9 Å². The van der Waals surface area contributed by atoms with Gasteiger partial charge in [0.1, 0.15) is 6.54 Å². The molecule has 0 radical (unpaired) electrons. The number of hydrogen-bond donors (Lipinski definition) is 1. The van der Waals surface area contributed by atoms with Crippen molar-refractivity contribution in [3.05, 3.63) is 90.4 Å². The highest BCUT2D eigenvalue weighted by atomic mass is 16.2. The third kappa shape index (κ3) is 3.41. The highest BCUT2D eigenvalue weighted by Crippen LogP contribution is 2.19. The summed E-state index contributed by atoms with van der Waals surface area (Å²) in [6, 6.07) is 21.1. The van der Waals surface area contributed by atoms with E-state index in [4.69, 9.17) is 5.26 Å². The van der Waals surface area contributed by atoms with E-state index in [1.165, 1.54) is 0 Å². The van der Waals surface area contributed by atoms with Crippen molar-refractivity contribution < 1.29 is 4.79 Å². The summed E-state index contributed by atoms with van der Waals surface area (Å²) in [5, 5.41) is 14.0. The molecule has 0 atom stereocenters. The van der Waals surface area contributed by atoms with Gasteiger partial charge < -0.3 is 9.13 Å². The van der Waals surface area contributed by atoms with Crippen LogP contribution in [0.3, 0.4) is 0 Å². The maximum atomic E-state index is 12.3. The minimum absolute atomic E-state index is 0.258. The van der Waals surface area contributed by atoms with Crippen LogP contribution >= 0.6 is 0 Å². The average Bonchev–Trinajstić information content (AvgIpc) is 3.38. The molecule has 6 heteroatoms. The van der Waals surface area contributed by atoms with Gasteiger partial charge in [-0.1, -0.05) is 18.2 Å². The Kier molecular flexibility index (Phi) is 4.72. The molecule has 28 heavy (non-hydrogen) atoms. The van der Waals surface area contributed by atoms with Gasteiger partial charge in [-0.3, -0.25) is 4.79 Å². The zero-order valence-electron chi connectivity index (χ0n) is 15.0. The van der Waals surface area contributed by atoms with E-state index in [9.17, 15) is 4.79 Å². The molecule has 0 saturated carbocycles. The molecule has 1 N–H and O–H groups in total. The third-order valence-corrected chi connectivity index (χ3v) is 4.46. The lowest BCUT2D eigenvalue weighted by Crippen LogP contribution is -2.17. The van der Waals surface area contributed by atoms with Crippen LogP contribution in [0.2, 0.25) is 0 Å². The lowest BCUT2D eigenvalue weighted by atomic mass is 10.2. The number of nitriles is 1. The Morgan fingerprint density at radius 2 is 1.82 bits per heavy atom. The molecule has 0 saturated heterocycles. The van der Waals surface area contributed by atoms with Gasteiger partial charge in [0, 0.05) is 46.3 Å². The molecule has 4 rings (SSSR count). The molecule has 0 fully saturated rings. The number of aromatic nitrogens is 2. The molecule has 136 valence electrons. The van der Waals surface area contributed by atoms with Crippen molar-refractivity contribution in [2.45, 2.75) is 6.54 Å². The monoisotopic (exact) mass is 367 g/mol. The Morgan fingerprint density at radius 1 is 1.07 bits per heavy atom. The molecule has 0 aliphatic carbocycles. The van der Waals surface area contributed by atoms with Crippen LogP contribution in [0.15, 0.2) is 84.4 Å². The maximum Gasteiger partial charge on any atom is 0.271 e. The van der Waals surface area contributed by atoms with E-state index in [1.807, 2.05) is 76.3 Å². The summed E-state index contributed by atoms with van der Waals surface area (Å²) in [6.45, 7) is 0.258. The van der Waals surface area contributed by atoms with Crippen LogP contribution in [0.25, 0.3) is 16.6 Å². The zero-order valence-corrected chi connectivity index (χ0v) is 15.0. The second kappa shape index (κ2) is 7.64. The Balaban J connectivity index is 1.48. The molecule has 6 nitrogen and oxygen atoms in total. The molecular weight excluding hydrogens is 350 g/mol. The van der Waals surface area contributed by atoms with Crippen LogP contribution in [-0.2, 0) is 6.54 Å². The summed E-state index contributed by atoms with van der Waals surface area (Å²) < 4.78 is 3.83. The summed E-state index contributed by atoms with van der Waals surface area (Å²) in [5.41, 5.74) is 5.86. The predicted molar refractivity (Wildman–Crippen MR) is 108 cm³/mol. The lowest BCUT2D eigenvalue weighted by molar-refractivity contribution is 0.0955. The number of para-hydroxylation sites is 1. The first-order chi connectivity index (χ1) is 13.8. The molecule has 0 unspecified atom stereocenters. The fourth-order valence-electron chi connectivity index (χ4n) is 3.10. The molecule has 0 aliphatic heterocycles. The number of benzene rings is 2. The van der Waals surface area contributed by atoms with Crippen LogP contribution in [0.4, 0.5) is 0 Å². The number of nitrogens with one attached hydrogen (secondary N) is 1. The average molecular weight is 367 g/mol. The number of carbonyl (C=O) groups excluding carboxylic acids is 1. The van der Waals surface area contributed by atoms with E-state index < -0.39 is 0 Å². The van der Waals surface area contributed by atoms with E-state index in [2.05, 4.69) is 16.6 Å². The zero-order chi connectivity index (χ0) is 19.3. The highest BCUT2D eigenvalue weighted by molar-refractivity contribution is 6.00. The molecule has 2 aromatic carbocycles. The standard InChI is InChI=1S/C22H17N5O/c23-11-14-27-16-18(20-5-1-2-6-21(20)27)15-24-25-22(28)17-7-9-19(10-8-17)26-12-3-4-13-26/h1-10,12-13,15-16H,14H2,(H,25,28)/b24-15+. The topological polar surface area (TPSA) is 75.1 Å². The third-order valence-electron chi connectivity index (χ3n) is 4.46. The Bertz CT molecular complexity index is 1180. The number of nitrogens with zero attached hydrogens (tertiary/aromatic N) is 4. The van der Waals surface area contributed by atoms with E-state index in [1.54, 1.807) is 18.3 Å². The van der Waals surface area contributed by atoms with Crippen molar-refractivity contribution in [3.8, 4) is 11.8 Å². The van der Waals surface area contributed by atoms with E-state index in [0.717, 1.165) is 22.2 Å². The summed E-state index contributed by atoms with van der Waals surface area (Å²) in [4.78, 5) is 12.3. The number of hydrazone groups is 1. The Labute approximate surface area is 161 Å². The van der Waals surface area contributed by atoms with Gasteiger partial charge in [-0.2, -0.15) is 10.4 Å². The van der Waals surface area contributed by atoms with Crippen LogP contribution < -0.4 is 5.43 Å². The first-order valence-electron chi connectivity index (χ1n) is 8.78. The van der Waals surface area contributed by atoms with Crippen LogP contribution in [0, 0.1) is 11.3 Å². The second-order valence-electron chi connectivity index (χ2n) is 6.22. The smallest absolute Gasteiger partial charge is 0.271 e. The van der Waals surface area contributed by atoms with Crippen LogP contribution in [0.5, 0.6) is 0 Å². The minimum atomic E-state index is -0.281. The predicted octanol–water partition coefficient (Wildman–Crippen LogP) is 3.72. The normalized spacial score (nSPS) is 11.0. The van der Waals surface area contributed by atoms with Gasteiger partial charge in [-0.15, -0.1) is 0 Å². The molecule has 0 spiro atoms. The molecule has 2 heterocycles. The van der Waals surface area contributed by atoms with Gasteiger partial charge in [0.25, 0.3) is 5.91 Å². The molecule has 2 aromatic heterocycles. The Morgan fingerprint density at radius 3 is 2.57 bits per heavy atom. The van der Waals surface area contributed by atoms with Crippen molar-refractivity contribution in [2.24, 2.45) is 5.10 Å². The minimum Gasteiger partial charge on any atom is -0.333 e. The number of amides is 1. The number of rotatable bonds is 5. The van der Waals surface area contributed by atoms with Crippen molar-refractivity contribution in [3.63, 3.8) is 0 Å². The lowest BCUT2D eigenvalue weighted by Gasteiger charge is -2.04. The summed E-state index contributed by atoms with van der Waals surface area (Å²) in [6.07, 6.45) is 7.35. The van der Waals surface area contributed by atoms with Gasteiger partial charge in [0.15, 0.2) is 0 Å². The first-order valence-corrected chi connectivity index (χ1v) is 8.78. The van der Waals surface area contributed by atoms with Gasteiger partial charge in [0.05, 0.1) is 12.3 Å². The first kappa shape index (κ1) is 17.3. The summed E-state index contributed by atoms with van der Waals surface area (Å²) >= 11 is 0. The highest BCUT2D eigenvalue weighted by Gasteiger charge is 2.07. The largest absolute Gasteiger partial charge is 0.333 e. The Hall–Kier alpha value is -4.11. The van der Waals surface area contributed by atoms with Crippen molar-refractivity contribution in [2.75, 3.05) is 0 Å².